The van der Waals surface area contributed by atoms with Gasteiger partial charge in [0.25, 0.3) is 0 Å². The number of aromatic nitrogens is 3. The fraction of sp³-hybridized carbons (Fsp3) is 0.136. The van der Waals surface area contributed by atoms with Crippen LogP contribution in [0, 0.1) is 6.92 Å². The minimum Gasteiger partial charge on any atom is -0.496 e. The van der Waals surface area contributed by atoms with E-state index in [0.29, 0.717) is 23.4 Å². The van der Waals surface area contributed by atoms with Gasteiger partial charge in [-0.25, -0.2) is 9.97 Å². The summed E-state index contributed by atoms with van der Waals surface area (Å²) < 4.78 is 5.37. The summed E-state index contributed by atoms with van der Waals surface area (Å²) in [6, 6.07) is 17.3. The highest BCUT2D eigenvalue weighted by Crippen LogP contribution is 2.24. The molecule has 0 spiro atoms. The van der Waals surface area contributed by atoms with E-state index in [0.717, 1.165) is 28.0 Å². The average molecular weight is 357 g/mol. The number of nitrogens with one attached hydrogen (secondary N) is 1. The molecule has 1 N–H and O–H groups in total. The van der Waals surface area contributed by atoms with Crippen molar-refractivity contribution in [2.45, 2.75) is 13.3 Å². The predicted octanol–water partition coefficient (Wildman–Crippen LogP) is 4.37. The molecule has 5 heteroatoms. The van der Waals surface area contributed by atoms with Crippen molar-refractivity contribution in [3.63, 3.8) is 0 Å². The lowest BCUT2D eigenvalue weighted by Gasteiger charge is -2.09. The number of pyridine rings is 1. The van der Waals surface area contributed by atoms with Crippen molar-refractivity contribution in [2.24, 2.45) is 0 Å². The van der Waals surface area contributed by atoms with Crippen molar-refractivity contribution < 1.29 is 9.53 Å². The van der Waals surface area contributed by atoms with E-state index in [-0.39, 0.29) is 5.78 Å². The molecule has 0 bridgehead atoms. The van der Waals surface area contributed by atoms with Crippen molar-refractivity contribution in [3.05, 3.63) is 77.5 Å². The first-order chi connectivity index (χ1) is 13.1. The molecule has 0 radical (unpaired) electrons. The summed E-state index contributed by atoms with van der Waals surface area (Å²) in [6.45, 7) is 1.97. The van der Waals surface area contributed by atoms with Crippen LogP contribution in [-0.2, 0) is 6.42 Å². The summed E-state index contributed by atoms with van der Waals surface area (Å²) in [6.07, 6.45) is 2.02. The molecule has 5 nitrogen and oxygen atoms in total. The van der Waals surface area contributed by atoms with Crippen LogP contribution in [0.2, 0.25) is 0 Å². The smallest absolute Gasteiger partial charge is 0.178 e. The number of benzene rings is 2. The second kappa shape index (κ2) is 7.03. The van der Waals surface area contributed by atoms with Crippen molar-refractivity contribution in [2.75, 3.05) is 7.11 Å². The van der Waals surface area contributed by atoms with E-state index in [1.165, 1.54) is 0 Å². The van der Waals surface area contributed by atoms with Crippen molar-refractivity contribution >= 4 is 16.9 Å². The van der Waals surface area contributed by atoms with Crippen LogP contribution in [0.4, 0.5) is 0 Å². The molecule has 0 fully saturated rings. The number of ether oxygens (including phenoxy) is 1. The summed E-state index contributed by atoms with van der Waals surface area (Å²) >= 11 is 0. The second-order valence-corrected chi connectivity index (χ2v) is 6.46. The number of hydrogen-bond acceptors (Lipinski definition) is 4. The lowest BCUT2D eigenvalue weighted by molar-refractivity contribution is 0.0990. The molecule has 0 saturated heterocycles. The van der Waals surface area contributed by atoms with Gasteiger partial charge in [-0.3, -0.25) is 4.79 Å². The highest BCUT2D eigenvalue weighted by Gasteiger charge is 2.14. The zero-order valence-electron chi connectivity index (χ0n) is 15.2. The monoisotopic (exact) mass is 357 g/mol. The van der Waals surface area contributed by atoms with E-state index in [1.54, 1.807) is 13.3 Å². The maximum absolute atomic E-state index is 12.8. The molecular weight excluding hydrogens is 338 g/mol. The third-order valence-electron chi connectivity index (χ3n) is 4.48. The maximum atomic E-state index is 12.8. The normalized spacial score (nSPS) is 10.9. The molecule has 0 aliphatic rings. The second-order valence-electron chi connectivity index (χ2n) is 6.46. The minimum absolute atomic E-state index is 0.0234. The zero-order valence-corrected chi connectivity index (χ0v) is 15.2. The topological polar surface area (TPSA) is 67.9 Å². The third kappa shape index (κ3) is 3.44. The Labute approximate surface area is 157 Å². The van der Waals surface area contributed by atoms with Gasteiger partial charge in [0.2, 0.25) is 0 Å². The lowest BCUT2D eigenvalue weighted by atomic mass is 9.99. The van der Waals surface area contributed by atoms with Crippen LogP contribution in [0.5, 0.6) is 5.75 Å². The fourth-order valence-electron chi connectivity index (χ4n) is 3.12. The van der Waals surface area contributed by atoms with Crippen LogP contribution >= 0.6 is 0 Å². The molecule has 0 atom stereocenters. The van der Waals surface area contributed by atoms with Gasteiger partial charge in [-0.15, -0.1) is 0 Å². The number of fused-ring (bicyclic) bond motifs is 1. The molecule has 0 saturated carbocycles. The number of methoxy groups -OCH3 is 1. The van der Waals surface area contributed by atoms with Crippen molar-refractivity contribution in [1.82, 2.24) is 15.0 Å². The van der Waals surface area contributed by atoms with Crippen molar-refractivity contribution in [1.29, 1.82) is 0 Å². The standard InChI is InChI=1S/C22H19N3O2/c1-14-8-9-17(20(11-14)27-2)19(26)13-15-5-3-6-16(12-15)21-24-18-7-4-10-23-22(18)25-21/h3-12H,13H2,1-2H3,(H,23,24,25). The summed E-state index contributed by atoms with van der Waals surface area (Å²) in [7, 11) is 1.59. The number of Topliss-reactive ketones (excluding diaryl/α,β-unsaturated/α-hetero) is 1. The number of hydrogen-bond donors (Lipinski definition) is 1. The number of rotatable bonds is 5. The lowest BCUT2D eigenvalue weighted by Crippen LogP contribution is -2.06. The Kier molecular flexibility index (Phi) is 4.42. The number of ketones is 1. The SMILES string of the molecule is COc1cc(C)ccc1C(=O)Cc1cccc(-c2nc3ncccc3[nH]2)c1. The number of imidazole rings is 1. The van der Waals surface area contributed by atoms with Gasteiger partial charge >= 0.3 is 0 Å². The molecule has 2 heterocycles. The quantitative estimate of drug-likeness (QED) is 0.539. The molecule has 0 aliphatic carbocycles. The first-order valence-corrected chi connectivity index (χ1v) is 8.72. The van der Waals surface area contributed by atoms with Gasteiger partial charge in [-0.1, -0.05) is 24.3 Å². The average Bonchev–Trinajstić information content (AvgIpc) is 3.12. The first kappa shape index (κ1) is 17.0. The van der Waals surface area contributed by atoms with Crippen LogP contribution in [0.1, 0.15) is 21.5 Å². The van der Waals surface area contributed by atoms with Gasteiger partial charge in [0.05, 0.1) is 18.2 Å². The van der Waals surface area contributed by atoms with Gasteiger partial charge in [-0.05, 0) is 48.4 Å². The number of carbonyl (C=O) groups excluding carboxylic acids is 1. The highest BCUT2D eigenvalue weighted by atomic mass is 16.5. The summed E-state index contributed by atoms with van der Waals surface area (Å²) in [5.41, 5.74) is 5.07. The largest absolute Gasteiger partial charge is 0.496 e. The number of aryl methyl sites for hydroxylation is 1. The Bertz CT molecular complexity index is 1100. The van der Waals surface area contributed by atoms with E-state index in [2.05, 4.69) is 15.0 Å². The maximum Gasteiger partial charge on any atom is 0.178 e. The summed E-state index contributed by atoms with van der Waals surface area (Å²) in [5.74, 6) is 1.38. The molecule has 27 heavy (non-hydrogen) atoms. The Morgan fingerprint density at radius 2 is 2.00 bits per heavy atom. The number of nitrogens with zero attached hydrogens (tertiary/aromatic N) is 2. The summed E-state index contributed by atoms with van der Waals surface area (Å²) in [4.78, 5) is 24.8. The minimum atomic E-state index is 0.0234. The molecular formula is C22H19N3O2. The van der Waals surface area contributed by atoms with E-state index in [4.69, 9.17) is 4.74 Å². The van der Waals surface area contributed by atoms with E-state index in [1.807, 2.05) is 61.5 Å². The molecule has 0 amide bonds. The van der Waals surface area contributed by atoms with Crippen LogP contribution in [0.25, 0.3) is 22.6 Å². The number of H-pyrrole nitrogens is 1. The van der Waals surface area contributed by atoms with E-state index >= 15 is 0 Å². The third-order valence-corrected chi connectivity index (χ3v) is 4.48. The van der Waals surface area contributed by atoms with Crippen LogP contribution in [0.3, 0.4) is 0 Å². The summed E-state index contributed by atoms with van der Waals surface area (Å²) in [5, 5.41) is 0. The Balaban J connectivity index is 1.62. The molecule has 4 rings (SSSR count). The van der Waals surface area contributed by atoms with Gasteiger partial charge in [-0.2, -0.15) is 0 Å². The Hall–Kier alpha value is -3.47. The van der Waals surface area contributed by atoms with Gasteiger partial charge in [0, 0.05) is 18.2 Å². The van der Waals surface area contributed by atoms with Crippen molar-refractivity contribution in [3.8, 4) is 17.1 Å². The molecule has 0 unspecified atom stereocenters. The number of carbonyl (C=O) groups is 1. The first-order valence-electron chi connectivity index (χ1n) is 8.72. The molecule has 2 aromatic heterocycles. The predicted molar refractivity (Wildman–Crippen MR) is 105 cm³/mol. The van der Waals surface area contributed by atoms with Crippen LogP contribution < -0.4 is 4.74 Å². The zero-order chi connectivity index (χ0) is 18.8. The van der Waals surface area contributed by atoms with Gasteiger partial charge in [0.15, 0.2) is 11.4 Å². The van der Waals surface area contributed by atoms with Gasteiger partial charge < -0.3 is 9.72 Å². The fourth-order valence-corrected chi connectivity index (χ4v) is 3.12. The highest BCUT2D eigenvalue weighted by molar-refractivity contribution is 6.00. The van der Waals surface area contributed by atoms with Crippen LogP contribution in [0.15, 0.2) is 60.8 Å². The van der Waals surface area contributed by atoms with Crippen LogP contribution in [-0.4, -0.2) is 27.8 Å². The Morgan fingerprint density at radius 3 is 2.81 bits per heavy atom. The van der Waals surface area contributed by atoms with E-state index in [9.17, 15) is 4.79 Å². The molecule has 0 aliphatic heterocycles. The van der Waals surface area contributed by atoms with Gasteiger partial charge in [0.1, 0.15) is 11.6 Å². The number of aromatic amines is 1. The molecule has 2 aromatic carbocycles. The Morgan fingerprint density at radius 1 is 1.11 bits per heavy atom. The van der Waals surface area contributed by atoms with E-state index < -0.39 is 0 Å². The molecule has 4 aromatic rings. The molecule has 134 valence electrons.